The molecule has 3 rings (SSSR count). The summed E-state index contributed by atoms with van der Waals surface area (Å²) >= 11 is 0. The van der Waals surface area contributed by atoms with E-state index in [0.717, 1.165) is 35.0 Å². The van der Waals surface area contributed by atoms with E-state index >= 15 is 0 Å². The second-order valence-electron chi connectivity index (χ2n) is 6.75. The van der Waals surface area contributed by atoms with Crippen LogP contribution >= 0.6 is 0 Å². The molecular formula is C20H25N3O3. The topological polar surface area (TPSA) is 71.5 Å². The standard InChI is InChI=1S/C20H25N3O3/c1-4-26-20(25)23-9-7-16(8-10-23)22-19(24)17-12-15-11-13(2)5-6-18(15)21-14(17)3/h5-6,11-12,16H,4,7-10H2,1-3H3,(H,22,24). The number of amides is 2. The Morgan fingerprint density at radius 3 is 2.65 bits per heavy atom. The SMILES string of the molecule is CCOC(=O)N1CCC(NC(=O)c2cc3cc(C)ccc3nc2C)CC1. The minimum atomic E-state index is -0.276. The molecule has 138 valence electrons. The Morgan fingerprint density at radius 1 is 1.23 bits per heavy atom. The maximum Gasteiger partial charge on any atom is 0.409 e. The molecule has 1 fully saturated rings. The lowest BCUT2D eigenvalue weighted by Crippen LogP contribution is -2.46. The van der Waals surface area contributed by atoms with Crippen LogP contribution in [0.1, 0.15) is 41.4 Å². The summed E-state index contributed by atoms with van der Waals surface area (Å²) in [6.07, 6.45) is 1.18. The number of carbonyl (C=O) groups excluding carboxylic acids is 2. The maximum absolute atomic E-state index is 12.7. The van der Waals surface area contributed by atoms with Crippen molar-refractivity contribution in [2.24, 2.45) is 0 Å². The van der Waals surface area contributed by atoms with Crippen molar-refractivity contribution >= 4 is 22.9 Å². The Kier molecular flexibility index (Phi) is 5.40. The zero-order chi connectivity index (χ0) is 18.7. The molecule has 0 atom stereocenters. The molecule has 0 radical (unpaired) electrons. The van der Waals surface area contributed by atoms with Crippen LogP contribution in [-0.4, -0.2) is 47.6 Å². The van der Waals surface area contributed by atoms with E-state index < -0.39 is 0 Å². The molecule has 6 nitrogen and oxygen atoms in total. The first-order valence-electron chi connectivity index (χ1n) is 9.08. The Labute approximate surface area is 153 Å². The van der Waals surface area contributed by atoms with Crippen molar-refractivity contribution in [1.82, 2.24) is 15.2 Å². The van der Waals surface area contributed by atoms with E-state index in [-0.39, 0.29) is 18.0 Å². The monoisotopic (exact) mass is 355 g/mol. The van der Waals surface area contributed by atoms with Crippen molar-refractivity contribution in [3.8, 4) is 0 Å². The van der Waals surface area contributed by atoms with Gasteiger partial charge in [-0.05, 0) is 51.8 Å². The predicted molar refractivity (Wildman–Crippen MR) is 100 cm³/mol. The highest BCUT2D eigenvalue weighted by molar-refractivity contribution is 5.98. The Bertz CT molecular complexity index is 826. The van der Waals surface area contributed by atoms with Crippen molar-refractivity contribution in [1.29, 1.82) is 0 Å². The molecule has 2 heterocycles. The molecule has 2 aromatic rings. The fourth-order valence-electron chi connectivity index (χ4n) is 3.31. The number of hydrogen-bond donors (Lipinski definition) is 1. The van der Waals surface area contributed by atoms with Gasteiger partial charge in [0.2, 0.25) is 0 Å². The second-order valence-corrected chi connectivity index (χ2v) is 6.75. The second kappa shape index (κ2) is 7.72. The van der Waals surface area contributed by atoms with Gasteiger partial charge >= 0.3 is 6.09 Å². The van der Waals surface area contributed by atoms with Crippen LogP contribution in [0.3, 0.4) is 0 Å². The fourth-order valence-corrected chi connectivity index (χ4v) is 3.31. The zero-order valence-electron chi connectivity index (χ0n) is 15.5. The van der Waals surface area contributed by atoms with Crippen LogP contribution in [0.25, 0.3) is 10.9 Å². The molecule has 0 bridgehead atoms. The van der Waals surface area contributed by atoms with Crippen LogP contribution in [0, 0.1) is 13.8 Å². The van der Waals surface area contributed by atoms with Crippen LogP contribution in [0.4, 0.5) is 4.79 Å². The Hall–Kier alpha value is -2.63. The number of carbonyl (C=O) groups is 2. The van der Waals surface area contributed by atoms with Gasteiger partial charge in [0.1, 0.15) is 0 Å². The molecule has 0 saturated carbocycles. The van der Waals surface area contributed by atoms with Gasteiger partial charge in [-0.25, -0.2) is 4.79 Å². The number of nitrogens with zero attached hydrogens (tertiary/aromatic N) is 2. The number of rotatable bonds is 3. The van der Waals surface area contributed by atoms with E-state index in [9.17, 15) is 9.59 Å². The molecule has 6 heteroatoms. The number of piperidine rings is 1. The van der Waals surface area contributed by atoms with Crippen molar-refractivity contribution in [2.75, 3.05) is 19.7 Å². The van der Waals surface area contributed by atoms with Crippen LogP contribution in [0.2, 0.25) is 0 Å². The normalized spacial score (nSPS) is 15.1. The summed E-state index contributed by atoms with van der Waals surface area (Å²) in [5.74, 6) is -0.104. The number of ether oxygens (including phenoxy) is 1. The highest BCUT2D eigenvalue weighted by atomic mass is 16.6. The third-order valence-electron chi connectivity index (χ3n) is 4.76. The smallest absolute Gasteiger partial charge is 0.409 e. The van der Waals surface area contributed by atoms with Gasteiger partial charge in [-0.15, -0.1) is 0 Å². The molecule has 1 aromatic carbocycles. The number of hydrogen-bond acceptors (Lipinski definition) is 4. The summed E-state index contributed by atoms with van der Waals surface area (Å²) in [5, 5.41) is 4.06. The van der Waals surface area contributed by atoms with E-state index in [1.165, 1.54) is 0 Å². The average Bonchev–Trinajstić information content (AvgIpc) is 2.62. The molecule has 26 heavy (non-hydrogen) atoms. The molecule has 1 saturated heterocycles. The van der Waals surface area contributed by atoms with E-state index in [2.05, 4.69) is 10.3 Å². The summed E-state index contributed by atoms with van der Waals surface area (Å²) in [4.78, 5) is 30.7. The number of pyridine rings is 1. The summed E-state index contributed by atoms with van der Waals surface area (Å²) < 4.78 is 5.02. The third kappa shape index (κ3) is 3.95. The predicted octanol–water partition coefficient (Wildman–Crippen LogP) is 3.20. The molecule has 0 unspecified atom stereocenters. The van der Waals surface area contributed by atoms with E-state index in [0.29, 0.717) is 25.3 Å². The zero-order valence-corrected chi connectivity index (χ0v) is 15.5. The number of likely N-dealkylation sites (tertiary alicyclic amines) is 1. The van der Waals surface area contributed by atoms with Crippen molar-refractivity contribution in [3.05, 3.63) is 41.1 Å². The molecule has 1 aliphatic heterocycles. The van der Waals surface area contributed by atoms with Crippen molar-refractivity contribution < 1.29 is 14.3 Å². The summed E-state index contributed by atoms with van der Waals surface area (Å²) in [6, 6.07) is 8.00. The minimum Gasteiger partial charge on any atom is -0.450 e. The van der Waals surface area contributed by atoms with E-state index in [1.807, 2.05) is 38.1 Å². The van der Waals surface area contributed by atoms with Gasteiger partial charge in [0.05, 0.1) is 23.4 Å². The average molecular weight is 355 g/mol. The number of nitrogens with one attached hydrogen (secondary N) is 1. The van der Waals surface area contributed by atoms with Gasteiger partial charge in [-0.1, -0.05) is 11.6 Å². The molecule has 1 N–H and O–H groups in total. The van der Waals surface area contributed by atoms with Crippen molar-refractivity contribution in [2.45, 2.75) is 39.7 Å². The first kappa shape index (κ1) is 18.2. The highest BCUT2D eigenvalue weighted by Gasteiger charge is 2.25. The van der Waals surface area contributed by atoms with E-state index in [1.54, 1.807) is 11.8 Å². The van der Waals surface area contributed by atoms with Crippen LogP contribution in [0.5, 0.6) is 0 Å². The molecule has 1 aromatic heterocycles. The summed E-state index contributed by atoms with van der Waals surface area (Å²) in [5.41, 5.74) is 3.37. The maximum atomic E-state index is 12.7. The molecular weight excluding hydrogens is 330 g/mol. The summed E-state index contributed by atoms with van der Waals surface area (Å²) in [6.45, 7) is 7.25. The molecule has 2 amide bonds. The van der Waals surface area contributed by atoms with E-state index in [4.69, 9.17) is 4.74 Å². The number of fused-ring (bicyclic) bond motifs is 1. The van der Waals surface area contributed by atoms with Crippen LogP contribution in [0.15, 0.2) is 24.3 Å². The van der Waals surface area contributed by atoms with Gasteiger partial charge in [-0.3, -0.25) is 9.78 Å². The highest BCUT2D eigenvalue weighted by Crippen LogP contribution is 2.19. The quantitative estimate of drug-likeness (QED) is 0.918. The molecule has 0 spiro atoms. The number of aryl methyl sites for hydroxylation is 2. The third-order valence-corrected chi connectivity index (χ3v) is 4.76. The lowest BCUT2D eigenvalue weighted by Gasteiger charge is -2.31. The fraction of sp³-hybridized carbons (Fsp3) is 0.450. The molecule has 1 aliphatic rings. The lowest BCUT2D eigenvalue weighted by molar-refractivity contribution is 0.0859. The number of benzene rings is 1. The van der Waals surface area contributed by atoms with Crippen LogP contribution < -0.4 is 5.32 Å². The minimum absolute atomic E-state index is 0.0563. The number of aromatic nitrogens is 1. The Morgan fingerprint density at radius 2 is 1.96 bits per heavy atom. The Balaban J connectivity index is 1.66. The first-order valence-corrected chi connectivity index (χ1v) is 9.08. The van der Waals surface area contributed by atoms with Gasteiger partial charge in [-0.2, -0.15) is 0 Å². The first-order chi connectivity index (χ1) is 12.5. The summed E-state index contributed by atoms with van der Waals surface area (Å²) in [7, 11) is 0. The largest absolute Gasteiger partial charge is 0.450 e. The molecule has 0 aliphatic carbocycles. The van der Waals surface area contributed by atoms with Crippen LogP contribution in [-0.2, 0) is 4.74 Å². The van der Waals surface area contributed by atoms with Gasteiger partial charge in [0, 0.05) is 24.5 Å². The van der Waals surface area contributed by atoms with Crippen molar-refractivity contribution in [3.63, 3.8) is 0 Å². The lowest BCUT2D eigenvalue weighted by atomic mass is 10.0. The van der Waals surface area contributed by atoms with Gasteiger partial charge in [0.15, 0.2) is 0 Å². The van der Waals surface area contributed by atoms with Gasteiger partial charge < -0.3 is 15.0 Å². The van der Waals surface area contributed by atoms with Gasteiger partial charge in [0.25, 0.3) is 5.91 Å².